The molecule has 2 nitrogen and oxygen atoms in total. The fourth-order valence-electron chi connectivity index (χ4n) is 1.64. The Morgan fingerprint density at radius 3 is 2.38 bits per heavy atom. The number of hydrogen-bond donors (Lipinski definition) is 1. The molecule has 90 valence electrons. The van der Waals surface area contributed by atoms with E-state index in [1.54, 1.807) is 12.1 Å². The maximum Gasteiger partial charge on any atom is 0.123 e. The number of ether oxygens (including phenoxy) is 1. The lowest BCUT2D eigenvalue weighted by molar-refractivity contribution is 0.230. The van der Waals surface area contributed by atoms with Crippen LogP contribution in [0.3, 0.4) is 0 Å². The lowest BCUT2D eigenvalue weighted by Gasteiger charge is -2.17. The molecule has 0 amide bonds. The summed E-state index contributed by atoms with van der Waals surface area (Å²) in [6, 6.07) is 6.07. The zero-order valence-electron chi connectivity index (χ0n) is 9.95. The van der Waals surface area contributed by atoms with Crippen LogP contribution >= 0.6 is 0 Å². The molecule has 2 N–H and O–H groups in total. The van der Waals surface area contributed by atoms with Crippen LogP contribution < -0.4 is 10.5 Å². The SMILES string of the molecule is CC(C)CC(CN)COc1ccc(F)cc1. The van der Waals surface area contributed by atoms with Crippen molar-refractivity contribution in [1.29, 1.82) is 0 Å². The van der Waals surface area contributed by atoms with E-state index in [0.29, 0.717) is 30.7 Å². The third-order valence-electron chi connectivity index (χ3n) is 2.44. The number of hydrogen-bond acceptors (Lipinski definition) is 2. The molecule has 0 spiro atoms. The Labute approximate surface area is 96.6 Å². The number of rotatable bonds is 6. The fourth-order valence-corrected chi connectivity index (χ4v) is 1.64. The van der Waals surface area contributed by atoms with Crippen molar-refractivity contribution in [2.24, 2.45) is 17.6 Å². The Bertz CT molecular complexity index is 297. The molecule has 0 aromatic heterocycles. The van der Waals surface area contributed by atoms with Crippen LogP contribution in [-0.2, 0) is 0 Å². The lowest BCUT2D eigenvalue weighted by Crippen LogP contribution is -2.23. The molecule has 0 saturated heterocycles. The summed E-state index contributed by atoms with van der Waals surface area (Å²) < 4.78 is 18.2. The largest absolute Gasteiger partial charge is 0.493 e. The highest BCUT2D eigenvalue weighted by Gasteiger charge is 2.09. The van der Waals surface area contributed by atoms with Gasteiger partial charge in [0.1, 0.15) is 11.6 Å². The monoisotopic (exact) mass is 225 g/mol. The van der Waals surface area contributed by atoms with Crippen molar-refractivity contribution in [3.8, 4) is 5.75 Å². The quantitative estimate of drug-likeness (QED) is 0.808. The predicted molar refractivity (Wildman–Crippen MR) is 63.9 cm³/mol. The summed E-state index contributed by atoms with van der Waals surface area (Å²) in [5.74, 6) is 1.43. The van der Waals surface area contributed by atoms with Crippen LogP contribution in [0.2, 0.25) is 0 Å². The van der Waals surface area contributed by atoms with Crippen LogP contribution in [0, 0.1) is 17.7 Å². The van der Waals surface area contributed by atoms with Crippen molar-refractivity contribution in [3.63, 3.8) is 0 Å². The van der Waals surface area contributed by atoms with E-state index in [1.165, 1.54) is 12.1 Å². The first-order chi connectivity index (χ1) is 7.61. The second kappa shape index (κ2) is 6.48. The second-order valence-corrected chi connectivity index (χ2v) is 4.50. The molecule has 1 aromatic carbocycles. The highest BCUT2D eigenvalue weighted by molar-refractivity contribution is 5.21. The molecule has 0 aliphatic carbocycles. The van der Waals surface area contributed by atoms with Gasteiger partial charge in [-0.05, 0) is 43.1 Å². The Balaban J connectivity index is 2.40. The van der Waals surface area contributed by atoms with Gasteiger partial charge < -0.3 is 10.5 Å². The van der Waals surface area contributed by atoms with Gasteiger partial charge >= 0.3 is 0 Å². The van der Waals surface area contributed by atoms with Crippen molar-refractivity contribution in [3.05, 3.63) is 30.1 Å². The summed E-state index contributed by atoms with van der Waals surface area (Å²) in [6.45, 7) is 5.56. The standard InChI is InChI=1S/C13H20FNO/c1-10(2)7-11(8-15)9-16-13-5-3-12(14)4-6-13/h3-6,10-11H,7-9,15H2,1-2H3. The van der Waals surface area contributed by atoms with Gasteiger partial charge in [-0.2, -0.15) is 0 Å². The molecule has 1 atom stereocenters. The summed E-state index contributed by atoms with van der Waals surface area (Å²) in [7, 11) is 0. The molecule has 0 aliphatic rings. The molecule has 16 heavy (non-hydrogen) atoms. The van der Waals surface area contributed by atoms with Crippen molar-refractivity contribution >= 4 is 0 Å². The minimum absolute atomic E-state index is 0.245. The highest BCUT2D eigenvalue weighted by Crippen LogP contribution is 2.15. The van der Waals surface area contributed by atoms with Crippen LogP contribution in [0.5, 0.6) is 5.75 Å². The predicted octanol–water partition coefficient (Wildman–Crippen LogP) is 2.83. The first kappa shape index (κ1) is 13.0. The lowest BCUT2D eigenvalue weighted by atomic mass is 9.98. The van der Waals surface area contributed by atoms with Crippen LogP contribution in [-0.4, -0.2) is 13.2 Å². The Kier molecular flexibility index (Phi) is 5.26. The smallest absolute Gasteiger partial charge is 0.123 e. The fraction of sp³-hybridized carbons (Fsp3) is 0.538. The van der Waals surface area contributed by atoms with Gasteiger partial charge in [0.15, 0.2) is 0 Å². The van der Waals surface area contributed by atoms with E-state index >= 15 is 0 Å². The van der Waals surface area contributed by atoms with Crippen molar-refractivity contribution in [2.75, 3.05) is 13.2 Å². The number of nitrogens with two attached hydrogens (primary N) is 1. The van der Waals surface area contributed by atoms with Gasteiger partial charge in [0, 0.05) is 5.92 Å². The van der Waals surface area contributed by atoms with Crippen molar-refractivity contribution in [1.82, 2.24) is 0 Å². The summed E-state index contributed by atoms with van der Waals surface area (Å²) in [4.78, 5) is 0. The van der Waals surface area contributed by atoms with E-state index in [0.717, 1.165) is 6.42 Å². The van der Waals surface area contributed by atoms with Crippen molar-refractivity contribution < 1.29 is 9.13 Å². The molecule has 0 fully saturated rings. The second-order valence-electron chi connectivity index (χ2n) is 4.50. The van der Waals surface area contributed by atoms with Crippen LogP contribution in [0.25, 0.3) is 0 Å². The molecular formula is C13H20FNO. The number of halogens is 1. The average Bonchev–Trinajstić information content (AvgIpc) is 2.26. The Morgan fingerprint density at radius 1 is 1.25 bits per heavy atom. The van der Waals surface area contributed by atoms with E-state index in [9.17, 15) is 4.39 Å². The average molecular weight is 225 g/mol. The van der Waals surface area contributed by atoms with E-state index in [1.807, 2.05) is 0 Å². The van der Waals surface area contributed by atoms with Crippen LogP contribution in [0.15, 0.2) is 24.3 Å². The first-order valence-corrected chi connectivity index (χ1v) is 5.70. The van der Waals surface area contributed by atoms with Crippen LogP contribution in [0.1, 0.15) is 20.3 Å². The molecule has 0 aliphatic heterocycles. The zero-order chi connectivity index (χ0) is 12.0. The molecule has 0 radical (unpaired) electrons. The van der Waals surface area contributed by atoms with Gasteiger partial charge in [0.25, 0.3) is 0 Å². The maximum atomic E-state index is 12.6. The topological polar surface area (TPSA) is 35.2 Å². The molecule has 0 saturated carbocycles. The van der Waals surface area contributed by atoms with Gasteiger partial charge in [0.05, 0.1) is 6.61 Å². The first-order valence-electron chi connectivity index (χ1n) is 5.70. The minimum atomic E-state index is -0.245. The summed E-state index contributed by atoms with van der Waals surface area (Å²) in [5, 5.41) is 0. The van der Waals surface area contributed by atoms with Gasteiger partial charge in [-0.25, -0.2) is 4.39 Å². The molecule has 0 bridgehead atoms. The third kappa shape index (κ3) is 4.62. The Hall–Kier alpha value is -1.09. The summed E-state index contributed by atoms with van der Waals surface area (Å²) in [6.07, 6.45) is 1.05. The molecule has 1 unspecified atom stereocenters. The van der Waals surface area contributed by atoms with E-state index in [2.05, 4.69) is 13.8 Å². The normalized spacial score (nSPS) is 12.8. The van der Waals surface area contributed by atoms with Gasteiger partial charge in [0.2, 0.25) is 0 Å². The van der Waals surface area contributed by atoms with E-state index < -0.39 is 0 Å². The highest BCUT2D eigenvalue weighted by atomic mass is 19.1. The zero-order valence-corrected chi connectivity index (χ0v) is 9.95. The molecule has 0 heterocycles. The van der Waals surface area contributed by atoms with Gasteiger partial charge in [-0.3, -0.25) is 0 Å². The third-order valence-corrected chi connectivity index (χ3v) is 2.44. The van der Waals surface area contributed by atoms with Crippen molar-refractivity contribution in [2.45, 2.75) is 20.3 Å². The molecular weight excluding hydrogens is 205 g/mol. The molecule has 1 rings (SSSR count). The number of benzene rings is 1. The summed E-state index contributed by atoms with van der Waals surface area (Å²) >= 11 is 0. The van der Waals surface area contributed by atoms with Crippen LogP contribution in [0.4, 0.5) is 4.39 Å². The van der Waals surface area contributed by atoms with E-state index in [4.69, 9.17) is 10.5 Å². The van der Waals surface area contributed by atoms with Gasteiger partial charge in [-0.15, -0.1) is 0 Å². The molecule has 3 heteroatoms. The molecule has 1 aromatic rings. The Morgan fingerprint density at radius 2 is 1.88 bits per heavy atom. The van der Waals surface area contributed by atoms with Gasteiger partial charge in [-0.1, -0.05) is 13.8 Å². The van der Waals surface area contributed by atoms with E-state index in [-0.39, 0.29) is 5.82 Å². The minimum Gasteiger partial charge on any atom is -0.493 e. The maximum absolute atomic E-state index is 12.6. The summed E-state index contributed by atoms with van der Waals surface area (Å²) in [5.41, 5.74) is 5.67.